The van der Waals surface area contributed by atoms with E-state index in [9.17, 15) is 4.79 Å². The standard InChI is InChI=1S/C14H7Br2ClN2O/c15-7-3-9-11(6-19-14(9)18-5-7)13(20)10-4-8(17)1-2-12(10)16/h1-6H,(H,18,19). The molecule has 0 bridgehead atoms. The molecule has 0 radical (unpaired) electrons. The highest BCUT2D eigenvalue weighted by Gasteiger charge is 2.17. The van der Waals surface area contributed by atoms with E-state index in [0.29, 0.717) is 26.3 Å². The highest BCUT2D eigenvalue weighted by Crippen LogP contribution is 2.27. The van der Waals surface area contributed by atoms with Crippen LogP contribution in [-0.4, -0.2) is 15.8 Å². The first kappa shape index (κ1) is 13.8. The lowest BCUT2D eigenvalue weighted by Gasteiger charge is -2.03. The Kier molecular flexibility index (Phi) is 3.67. The molecule has 0 unspecified atom stereocenters. The van der Waals surface area contributed by atoms with Crippen LogP contribution >= 0.6 is 43.5 Å². The van der Waals surface area contributed by atoms with E-state index in [-0.39, 0.29) is 5.78 Å². The topological polar surface area (TPSA) is 45.8 Å². The van der Waals surface area contributed by atoms with Gasteiger partial charge >= 0.3 is 0 Å². The maximum atomic E-state index is 12.7. The van der Waals surface area contributed by atoms with Crippen molar-refractivity contribution in [2.75, 3.05) is 0 Å². The molecule has 100 valence electrons. The third-order valence-electron chi connectivity index (χ3n) is 2.92. The predicted octanol–water partition coefficient (Wildman–Crippen LogP) is 4.97. The number of aromatic nitrogens is 2. The number of rotatable bonds is 2. The molecule has 1 N–H and O–H groups in total. The van der Waals surface area contributed by atoms with Crippen LogP contribution in [0.15, 0.2) is 45.6 Å². The second kappa shape index (κ2) is 5.31. The van der Waals surface area contributed by atoms with E-state index < -0.39 is 0 Å². The highest BCUT2D eigenvalue weighted by atomic mass is 79.9. The third-order valence-corrected chi connectivity index (χ3v) is 4.28. The average molecular weight is 414 g/mol. The molecule has 3 aromatic rings. The van der Waals surface area contributed by atoms with E-state index in [1.165, 1.54) is 0 Å². The molecular weight excluding hydrogens is 407 g/mol. The van der Waals surface area contributed by atoms with Gasteiger partial charge in [0.25, 0.3) is 0 Å². The molecule has 3 rings (SSSR count). The predicted molar refractivity (Wildman–Crippen MR) is 86.4 cm³/mol. The van der Waals surface area contributed by atoms with Crippen LogP contribution in [0.5, 0.6) is 0 Å². The van der Waals surface area contributed by atoms with E-state index in [2.05, 4.69) is 41.8 Å². The number of benzene rings is 1. The molecule has 0 amide bonds. The van der Waals surface area contributed by atoms with Crippen molar-refractivity contribution in [2.45, 2.75) is 0 Å². The van der Waals surface area contributed by atoms with Crippen LogP contribution in [0.1, 0.15) is 15.9 Å². The Balaban J connectivity index is 2.17. The van der Waals surface area contributed by atoms with Gasteiger partial charge in [-0.15, -0.1) is 0 Å². The molecule has 2 heterocycles. The van der Waals surface area contributed by atoms with Crippen LogP contribution in [0, 0.1) is 0 Å². The first-order chi connectivity index (χ1) is 9.56. The molecule has 20 heavy (non-hydrogen) atoms. The molecule has 0 saturated carbocycles. The number of hydrogen-bond donors (Lipinski definition) is 1. The van der Waals surface area contributed by atoms with Gasteiger partial charge < -0.3 is 4.98 Å². The lowest BCUT2D eigenvalue weighted by molar-refractivity contribution is 0.103. The molecule has 1 aromatic carbocycles. The monoisotopic (exact) mass is 412 g/mol. The van der Waals surface area contributed by atoms with Crippen LogP contribution in [0.4, 0.5) is 0 Å². The van der Waals surface area contributed by atoms with Crippen LogP contribution in [0.3, 0.4) is 0 Å². The molecule has 0 aliphatic heterocycles. The van der Waals surface area contributed by atoms with Gasteiger partial charge in [0.1, 0.15) is 5.65 Å². The summed E-state index contributed by atoms with van der Waals surface area (Å²) in [4.78, 5) is 19.9. The zero-order valence-electron chi connectivity index (χ0n) is 9.95. The minimum Gasteiger partial charge on any atom is -0.345 e. The van der Waals surface area contributed by atoms with Gasteiger partial charge in [0.2, 0.25) is 0 Å². The van der Waals surface area contributed by atoms with Gasteiger partial charge in [-0.2, -0.15) is 0 Å². The third kappa shape index (κ3) is 2.41. The fraction of sp³-hybridized carbons (Fsp3) is 0. The van der Waals surface area contributed by atoms with Crippen LogP contribution < -0.4 is 0 Å². The van der Waals surface area contributed by atoms with Crippen LogP contribution in [-0.2, 0) is 0 Å². The lowest BCUT2D eigenvalue weighted by Crippen LogP contribution is -2.01. The van der Waals surface area contributed by atoms with Crippen LogP contribution in [0.2, 0.25) is 5.02 Å². The first-order valence-corrected chi connectivity index (χ1v) is 7.65. The van der Waals surface area contributed by atoms with Crippen molar-refractivity contribution in [3.8, 4) is 0 Å². The summed E-state index contributed by atoms with van der Waals surface area (Å²) in [5.74, 6) is -0.106. The Bertz CT molecular complexity index is 829. The second-order valence-corrected chi connectivity index (χ2v) is 6.41. The smallest absolute Gasteiger partial charge is 0.196 e. The van der Waals surface area contributed by atoms with E-state index in [1.54, 1.807) is 30.6 Å². The van der Waals surface area contributed by atoms with E-state index in [4.69, 9.17) is 11.6 Å². The molecule has 0 aliphatic carbocycles. The van der Waals surface area contributed by atoms with Crippen molar-refractivity contribution in [1.29, 1.82) is 0 Å². The van der Waals surface area contributed by atoms with Gasteiger partial charge in [0, 0.05) is 42.9 Å². The number of nitrogens with one attached hydrogen (secondary N) is 1. The summed E-state index contributed by atoms with van der Waals surface area (Å²) >= 11 is 12.7. The summed E-state index contributed by atoms with van der Waals surface area (Å²) < 4.78 is 1.54. The number of ketones is 1. The maximum absolute atomic E-state index is 12.7. The Morgan fingerprint density at radius 3 is 2.80 bits per heavy atom. The molecular formula is C14H7Br2ClN2O. The minimum absolute atomic E-state index is 0.106. The van der Waals surface area contributed by atoms with Gasteiger partial charge in [-0.25, -0.2) is 4.98 Å². The van der Waals surface area contributed by atoms with Crippen molar-refractivity contribution in [1.82, 2.24) is 9.97 Å². The minimum atomic E-state index is -0.106. The molecule has 2 aromatic heterocycles. The zero-order valence-corrected chi connectivity index (χ0v) is 13.9. The van der Waals surface area contributed by atoms with Gasteiger partial charge in [-0.05, 0) is 40.2 Å². The Labute approximate surface area is 136 Å². The fourth-order valence-corrected chi connectivity index (χ4v) is 2.91. The number of nitrogens with zero attached hydrogens (tertiary/aromatic N) is 1. The molecule has 0 saturated heterocycles. The number of hydrogen-bond acceptors (Lipinski definition) is 2. The highest BCUT2D eigenvalue weighted by molar-refractivity contribution is 9.10. The molecule has 3 nitrogen and oxygen atoms in total. The molecule has 0 fully saturated rings. The summed E-state index contributed by atoms with van der Waals surface area (Å²) in [6.45, 7) is 0. The van der Waals surface area contributed by atoms with Gasteiger partial charge in [0.15, 0.2) is 5.78 Å². The van der Waals surface area contributed by atoms with E-state index >= 15 is 0 Å². The van der Waals surface area contributed by atoms with Crippen molar-refractivity contribution < 1.29 is 4.79 Å². The first-order valence-electron chi connectivity index (χ1n) is 5.68. The SMILES string of the molecule is O=C(c1cc(Cl)ccc1Br)c1c[nH]c2ncc(Br)cc12. The second-order valence-electron chi connectivity index (χ2n) is 4.21. The van der Waals surface area contributed by atoms with Gasteiger partial charge in [0.05, 0.1) is 0 Å². The van der Waals surface area contributed by atoms with E-state index in [1.807, 2.05) is 6.07 Å². The number of carbonyl (C=O) groups is 1. The van der Waals surface area contributed by atoms with Gasteiger partial charge in [-0.1, -0.05) is 27.5 Å². The molecule has 6 heteroatoms. The number of H-pyrrole nitrogens is 1. The number of carbonyl (C=O) groups excluding carboxylic acids is 1. The Morgan fingerprint density at radius 2 is 2.00 bits per heavy atom. The number of halogens is 3. The average Bonchev–Trinajstić information content (AvgIpc) is 2.83. The lowest BCUT2D eigenvalue weighted by atomic mass is 10.0. The summed E-state index contributed by atoms with van der Waals surface area (Å²) in [5, 5.41) is 1.30. The van der Waals surface area contributed by atoms with Crippen molar-refractivity contribution in [2.24, 2.45) is 0 Å². The van der Waals surface area contributed by atoms with E-state index in [0.717, 1.165) is 9.86 Å². The zero-order chi connectivity index (χ0) is 14.3. The number of aromatic amines is 1. The summed E-state index contributed by atoms with van der Waals surface area (Å²) in [7, 11) is 0. The largest absolute Gasteiger partial charge is 0.345 e. The van der Waals surface area contributed by atoms with Crippen LogP contribution in [0.25, 0.3) is 11.0 Å². The number of fused-ring (bicyclic) bond motifs is 1. The molecule has 0 spiro atoms. The normalized spacial score (nSPS) is 10.9. The summed E-state index contributed by atoms with van der Waals surface area (Å²) in [5.41, 5.74) is 1.77. The maximum Gasteiger partial charge on any atom is 0.196 e. The van der Waals surface area contributed by atoms with Crippen molar-refractivity contribution >= 4 is 60.3 Å². The number of pyridine rings is 1. The molecule has 0 atom stereocenters. The van der Waals surface area contributed by atoms with Crippen molar-refractivity contribution in [3.63, 3.8) is 0 Å². The summed E-state index contributed by atoms with van der Waals surface area (Å²) in [6, 6.07) is 7.01. The quantitative estimate of drug-likeness (QED) is 0.602. The fourth-order valence-electron chi connectivity index (χ4n) is 1.98. The molecule has 0 aliphatic rings. The Morgan fingerprint density at radius 1 is 1.20 bits per heavy atom. The summed E-state index contributed by atoms with van der Waals surface area (Å²) in [6.07, 6.45) is 3.35. The van der Waals surface area contributed by atoms with Gasteiger partial charge in [-0.3, -0.25) is 4.79 Å². The van der Waals surface area contributed by atoms with Crippen molar-refractivity contribution in [3.05, 3.63) is 61.8 Å². The Hall–Kier alpha value is -1.17.